The topological polar surface area (TPSA) is 41.1 Å². The third kappa shape index (κ3) is 2.05. The molecule has 1 amide bonds. The van der Waals surface area contributed by atoms with E-state index in [1.807, 2.05) is 24.3 Å². The van der Waals surface area contributed by atoms with Crippen LogP contribution in [0.25, 0.3) is 0 Å². The Morgan fingerprint density at radius 3 is 2.64 bits per heavy atom. The average molecular weight is 211 g/mol. The molecule has 3 nitrogen and oxygen atoms in total. The molecule has 1 fully saturated rings. The number of amides is 1. The molecule has 1 atom stereocenters. The molecule has 1 aliphatic rings. The van der Waals surface area contributed by atoms with Crippen molar-refractivity contribution in [3.63, 3.8) is 0 Å². The molecule has 0 spiro atoms. The Morgan fingerprint density at radius 1 is 1.29 bits per heavy atom. The second-order valence-corrected chi connectivity index (χ2v) is 3.69. The van der Waals surface area contributed by atoms with Gasteiger partial charge in [0.2, 0.25) is 5.91 Å². The Morgan fingerprint density at radius 2 is 2.00 bits per heavy atom. The molecule has 1 saturated heterocycles. The molecule has 0 radical (unpaired) electrons. The van der Waals surface area contributed by atoms with E-state index in [9.17, 15) is 4.79 Å². The Balaban J connectivity index is 2.14. The van der Waals surface area contributed by atoms with E-state index < -0.39 is 0 Å². The lowest BCUT2D eigenvalue weighted by Gasteiger charge is -2.25. The van der Waals surface area contributed by atoms with Crippen molar-refractivity contribution in [2.75, 3.05) is 6.54 Å². The second kappa shape index (κ2) is 3.98. The average Bonchev–Trinajstić information content (AvgIpc) is 2.19. The van der Waals surface area contributed by atoms with E-state index >= 15 is 0 Å². The number of carbonyl (C=O) groups is 1. The van der Waals surface area contributed by atoms with E-state index in [4.69, 9.17) is 11.6 Å². The van der Waals surface area contributed by atoms with E-state index in [0.717, 1.165) is 12.1 Å². The number of hydrogen-bond acceptors (Lipinski definition) is 2. The SMILES string of the molecule is O=C1CCN[C@H](c2ccc(Cl)cc2)N1. The maximum Gasteiger partial charge on any atom is 0.222 e. The third-order valence-electron chi connectivity index (χ3n) is 2.21. The number of halogens is 1. The summed E-state index contributed by atoms with van der Waals surface area (Å²) >= 11 is 5.77. The minimum Gasteiger partial charge on any atom is -0.337 e. The minimum atomic E-state index is -0.0754. The molecule has 2 rings (SSSR count). The Bertz CT molecular complexity index is 336. The highest BCUT2D eigenvalue weighted by molar-refractivity contribution is 6.30. The van der Waals surface area contributed by atoms with Crippen molar-refractivity contribution in [3.8, 4) is 0 Å². The van der Waals surface area contributed by atoms with Gasteiger partial charge in [-0.1, -0.05) is 23.7 Å². The van der Waals surface area contributed by atoms with Crippen LogP contribution in [-0.2, 0) is 4.79 Å². The van der Waals surface area contributed by atoms with Crippen LogP contribution in [0.3, 0.4) is 0 Å². The summed E-state index contributed by atoms with van der Waals surface area (Å²) in [6, 6.07) is 7.45. The van der Waals surface area contributed by atoms with E-state index in [1.54, 1.807) is 0 Å². The fourth-order valence-electron chi connectivity index (χ4n) is 1.47. The molecule has 2 N–H and O–H groups in total. The smallest absolute Gasteiger partial charge is 0.222 e. The van der Waals surface area contributed by atoms with Gasteiger partial charge in [-0.05, 0) is 17.7 Å². The van der Waals surface area contributed by atoms with Gasteiger partial charge < -0.3 is 5.32 Å². The van der Waals surface area contributed by atoms with Crippen molar-refractivity contribution < 1.29 is 4.79 Å². The third-order valence-corrected chi connectivity index (χ3v) is 2.46. The van der Waals surface area contributed by atoms with E-state index in [0.29, 0.717) is 11.4 Å². The first-order chi connectivity index (χ1) is 6.75. The number of carbonyl (C=O) groups excluding carboxylic acids is 1. The first-order valence-electron chi connectivity index (χ1n) is 4.54. The van der Waals surface area contributed by atoms with Crippen molar-refractivity contribution in [2.24, 2.45) is 0 Å². The van der Waals surface area contributed by atoms with Gasteiger partial charge in [0.15, 0.2) is 0 Å². The van der Waals surface area contributed by atoms with Gasteiger partial charge >= 0.3 is 0 Å². The zero-order chi connectivity index (χ0) is 9.97. The van der Waals surface area contributed by atoms with E-state index in [1.165, 1.54) is 0 Å². The van der Waals surface area contributed by atoms with Crippen LogP contribution in [0, 0.1) is 0 Å². The highest BCUT2D eigenvalue weighted by Crippen LogP contribution is 2.16. The normalized spacial score (nSPS) is 21.8. The van der Waals surface area contributed by atoms with Gasteiger partial charge in [-0.25, -0.2) is 0 Å². The van der Waals surface area contributed by atoms with Gasteiger partial charge in [-0.2, -0.15) is 0 Å². The van der Waals surface area contributed by atoms with Crippen molar-refractivity contribution in [3.05, 3.63) is 34.9 Å². The second-order valence-electron chi connectivity index (χ2n) is 3.26. The molecule has 0 unspecified atom stereocenters. The highest BCUT2D eigenvalue weighted by Gasteiger charge is 2.18. The molecule has 74 valence electrons. The molecule has 0 aromatic heterocycles. The van der Waals surface area contributed by atoms with Gasteiger partial charge in [-0.3, -0.25) is 10.1 Å². The van der Waals surface area contributed by atoms with Crippen LogP contribution in [0.15, 0.2) is 24.3 Å². The van der Waals surface area contributed by atoms with E-state index in [-0.39, 0.29) is 12.1 Å². The number of rotatable bonds is 1. The van der Waals surface area contributed by atoms with Crippen molar-refractivity contribution in [1.82, 2.24) is 10.6 Å². The predicted octanol–water partition coefficient (Wildman–Crippen LogP) is 1.45. The minimum absolute atomic E-state index is 0.0754. The zero-order valence-electron chi connectivity index (χ0n) is 7.59. The van der Waals surface area contributed by atoms with E-state index in [2.05, 4.69) is 10.6 Å². The van der Waals surface area contributed by atoms with Crippen LogP contribution < -0.4 is 10.6 Å². The molecule has 1 aromatic rings. The molecule has 1 aliphatic heterocycles. The maximum absolute atomic E-state index is 11.1. The van der Waals surface area contributed by atoms with Crippen LogP contribution in [0.2, 0.25) is 5.02 Å². The van der Waals surface area contributed by atoms with Crippen LogP contribution in [0.1, 0.15) is 18.2 Å². The molecule has 14 heavy (non-hydrogen) atoms. The summed E-state index contributed by atoms with van der Waals surface area (Å²) in [5.41, 5.74) is 1.03. The van der Waals surface area contributed by atoms with Gasteiger partial charge in [0, 0.05) is 18.0 Å². The van der Waals surface area contributed by atoms with Crippen LogP contribution in [0.5, 0.6) is 0 Å². The first-order valence-corrected chi connectivity index (χ1v) is 4.92. The summed E-state index contributed by atoms with van der Waals surface area (Å²) in [5.74, 6) is 0.0868. The fraction of sp³-hybridized carbons (Fsp3) is 0.300. The lowest BCUT2D eigenvalue weighted by Crippen LogP contribution is -2.44. The molecule has 4 heteroatoms. The lowest BCUT2D eigenvalue weighted by atomic mass is 10.1. The van der Waals surface area contributed by atoms with Gasteiger partial charge in [0.05, 0.1) is 0 Å². The molecular weight excluding hydrogens is 200 g/mol. The van der Waals surface area contributed by atoms with Gasteiger partial charge in [-0.15, -0.1) is 0 Å². The molecule has 0 aliphatic carbocycles. The lowest BCUT2D eigenvalue weighted by molar-refractivity contribution is -0.123. The summed E-state index contributed by atoms with van der Waals surface area (Å²) in [4.78, 5) is 11.1. The van der Waals surface area contributed by atoms with Crippen molar-refractivity contribution >= 4 is 17.5 Å². The maximum atomic E-state index is 11.1. The molecule has 1 heterocycles. The monoisotopic (exact) mass is 210 g/mol. The standard InChI is InChI=1S/C10H11ClN2O/c11-8-3-1-7(2-4-8)10-12-6-5-9(14)13-10/h1-4,10,12H,5-6H2,(H,13,14)/t10-/m0/s1. The summed E-state index contributed by atoms with van der Waals surface area (Å²) in [5, 5.41) is 6.77. The quantitative estimate of drug-likeness (QED) is 0.737. The molecule has 0 saturated carbocycles. The van der Waals surface area contributed by atoms with Crippen molar-refractivity contribution in [2.45, 2.75) is 12.6 Å². The van der Waals surface area contributed by atoms with Gasteiger partial charge in [0.1, 0.15) is 6.17 Å². The largest absolute Gasteiger partial charge is 0.337 e. The van der Waals surface area contributed by atoms with Crippen LogP contribution in [-0.4, -0.2) is 12.5 Å². The van der Waals surface area contributed by atoms with Crippen LogP contribution >= 0.6 is 11.6 Å². The number of nitrogens with one attached hydrogen (secondary N) is 2. The summed E-state index contributed by atoms with van der Waals surface area (Å²) in [7, 11) is 0. The first kappa shape index (κ1) is 9.49. The fourth-order valence-corrected chi connectivity index (χ4v) is 1.60. The Kier molecular flexibility index (Phi) is 2.70. The Hall–Kier alpha value is -1.06. The summed E-state index contributed by atoms with van der Waals surface area (Å²) in [6.07, 6.45) is 0.470. The zero-order valence-corrected chi connectivity index (χ0v) is 8.34. The molecule has 0 bridgehead atoms. The van der Waals surface area contributed by atoms with Gasteiger partial charge in [0.25, 0.3) is 0 Å². The Labute approximate surface area is 87.4 Å². The molecular formula is C10H11ClN2O. The summed E-state index contributed by atoms with van der Waals surface area (Å²) < 4.78 is 0. The highest BCUT2D eigenvalue weighted by atomic mass is 35.5. The number of benzene rings is 1. The van der Waals surface area contributed by atoms with Crippen LogP contribution in [0.4, 0.5) is 0 Å². The molecule has 1 aromatic carbocycles. The predicted molar refractivity (Wildman–Crippen MR) is 55.0 cm³/mol. The number of hydrogen-bond donors (Lipinski definition) is 2. The summed E-state index contributed by atoms with van der Waals surface area (Å²) in [6.45, 7) is 0.721. The van der Waals surface area contributed by atoms with Crippen molar-refractivity contribution in [1.29, 1.82) is 0 Å².